The molecule has 2 unspecified atom stereocenters. The van der Waals surface area contributed by atoms with E-state index in [2.05, 4.69) is 0 Å². The van der Waals surface area contributed by atoms with Crippen molar-refractivity contribution in [2.45, 2.75) is 12.1 Å². The number of nitrogens with two attached hydrogens (primary N) is 1. The number of aliphatic carboxylic acids is 1. The van der Waals surface area contributed by atoms with Crippen LogP contribution in [0.1, 0.15) is 11.7 Å². The number of benzene rings is 1. The van der Waals surface area contributed by atoms with Gasteiger partial charge in [-0.1, -0.05) is 0 Å². The number of halogens is 3. The maximum Gasteiger partial charge on any atom is 0.323 e. The number of aliphatic hydroxyl groups excluding tert-OH is 1. The van der Waals surface area contributed by atoms with Crippen LogP contribution in [0.25, 0.3) is 0 Å². The molecule has 7 heteroatoms. The van der Waals surface area contributed by atoms with E-state index in [4.69, 9.17) is 10.8 Å². The standard InChI is InChI=1S/C9H8F3NO3/c10-4-1-3(2-5(11)6(4)12)8(14)7(13)9(15)16/h1-2,7-8,14H,13H2,(H,15,16). The number of carbonyl (C=O) groups is 1. The first-order valence-corrected chi connectivity index (χ1v) is 4.15. The van der Waals surface area contributed by atoms with Gasteiger partial charge in [-0.05, 0) is 17.7 Å². The van der Waals surface area contributed by atoms with E-state index in [1.807, 2.05) is 0 Å². The van der Waals surface area contributed by atoms with Crippen molar-refractivity contribution in [1.82, 2.24) is 0 Å². The minimum Gasteiger partial charge on any atom is -0.480 e. The summed E-state index contributed by atoms with van der Waals surface area (Å²) in [7, 11) is 0. The number of carboxylic acids is 1. The lowest BCUT2D eigenvalue weighted by Crippen LogP contribution is -2.36. The summed E-state index contributed by atoms with van der Waals surface area (Å²) in [5.74, 6) is -6.28. The molecule has 16 heavy (non-hydrogen) atoms. The van der Waals surface area contributed by atoms with Crippen molar-refractivity contribution in [3.8, 4) is 0 Å². The lowest BCUT2D eigenvalue weighted by atomic mass is 10.0. The first-order valence-electron chi connectivity index (χ1n) is 4.15. The molecule has 0 aliphatic rings. The number of carboxylic acid groups (broad SMARTS) is 1. The molecule has 0 fully saturated rings. The average Bonchev–Trinajstić information content (AvgIpc) is 2.22. The van der Waals surface area contributed by atoms with Crippen LogP contribution in [0.5, 0.6) is 0 Å². The second-order valence-corrected chi connectivity index (χ2v) is 3.11. The van der Waals surface area contributed by atoms with Crippen molar-refractivity contribution in [2.75, 3.05) is 0 Å². The smallest absolute Gasteiger partial charge is 0.323 e. The fraction of sp³-hybridized carbons (Fsp3) is 0.222. The molecule has 0 amide bonds. The molecule has 0 saturated heterocycles. The second kappa shape index (κ2) is 4.50. The van der Waals surface area contributed by atoms with E-state index in [1.54, 1.807) is 0 Å². The van der Waals surface area contributed by atoms with Gasteiger partial charge < -0.3 is 15.9 Å². The summed E-state index contributed by atoms with van der Waals surface area (Å²) in [6.07, 6.45) is -1.82. The maximum absolute atomic E-state index is 12.8. The van der Waals surface area contributed by atoms with Crippen LogP contribution in [0.15, 0.2) is 12.1 Å². The van der Waals surface area contributed by atoms with Crippen LogP contribution in [0, 0.1) is 17.5 Å². The molecular formula is C9H8F3NO3. The second-order valence-electron chi connectivity index (χ2n) is 3.11. The Labute approximate surface area is 88.1 Å². The molecule has 0 radical (unpaired) electrons. The van der Waals surface area contributed by atoms with Gasteiger partial charge in [-0.3, -0.25) is 4.79 Å². The van der Waals surface area contributed by atoms with E-state index in [-0.39, 0.29) is 0 Å². The first-order chi connectivity index (χ1) is 7.34. The van der Waals surface area contributed by atoms with Gasteiger partial charge in [0.15, 0.2) is 17.5 Å². The summed E-state index contributed by atoms with van der Waals surface area (Å²) in [5, 5.41) is 17.8. The van der Waals surface area contributed by atoms with Gasteiger partial charge in [0, 0.05) is 0 Å². The van der Waals surface area contributed by atoms with Gasteiger partial charge in [-0.15, -0.1) is 0 Å². The molecule has 88 valence electrons. The molecule has 0 spiro atoms. The Morgan fingerprint density at radius 3 is 2.06 bits per heavy atom. The fourth-order valence-corrected chi connectivity index (χ4v) is 1.09. The SMILES string of the molecule is NC(C(=O)O)C(O)c1cc(F)c(F)c(F)c1. The minimum atomic E-state index is -1.82. The minimum absolute atomic E-state index is 0.439. The van der Waals surface area contributed by atoms with E-state index < -0.39 is 41.1 Å². The summed E-state index contributed by atoms with van der Waals surface area (Å²) in [5.41, 5.74) is 4.60. The van der Waals surface area contributed by atoms with Gasteiger partial charge in [0.2, 0.25) is 0 Å². The Hall–Kier alpha value is -1.60. The van der Waals surface area contributed by atoms with Gasteiger partial charge >= 0.3 is 5.97 Å². The Bertz CT molecular complexity index is 401. The van der Waals surface area contributed by atoms with Crippen molar-refractivity contribution in [3.63, 3.8) is 0 Å². The molecular weight excluding hydrogens is 227 g/mol. The molecule has 0 heterocycles. The summed E-state index contributed by atoms with van der Waals surface area (Å²) in [6.45, 7) is 0. The number of hydrogen-bond donors (Lipinski definition) is 3. The lowest BCUT2D eigenvalue weighted by Gasteiger charge is -2.15. The van der Waals surface area contributed by atoms with Gasteiger partial charge in [-0.2, -0.15) is 0 Å². The third-order valence-corrected chi connectivity index (χ3v) is 1.97. The van der Waals surface area contributed by atoms with Gasteiger partial charge in [0.25, 0.3) is 0 Å². The summed E-state index contributed by atoms with van der Waals surface area (Å²) >= 11 is 0. The van der Waals surface area contributed by atoms with Crippen molar-refractivity contribution in [2.24, 2.45) is 5.73 Å². The van der Waals surface area contributed by atoms with Crippen LogP contribution in [-0.2, 0) is 4.79 Å². The normalized spacial score (nSPS) is 14.6. The van der Waals surface area contributed by atoms with Gasteiger partial charge in [0.05, 0.1) is 0 Å². The first kappa shape index (κ1) is 12.5. The molecule has 0 bridgehead atoms. The molecule has 4 nitrogen and oxygen atoms in total. The summed E-state index contributed by atoms with van der Waals surface area (Å²) in [6, 6.07) is -0.762. The summed E-state index contributed by atoms with van der Waals surface area (Å²) < 4.78 is 38.1. The molecule has 1 aromatic rings. The molecule has 0 aliphatic heterocycles. The third-order valence-electron chi connectivity index (χ3n) is 1.97. The zero-order valence-corrected chi connectivity index (χ0v) is 7.82. The van der Waals surface area contributed by atoms with Crippen LogP contribution in [0.2, 0.25) is 0 Å². The van der Waals surface area contributed by atoms with Gasteiger partial charge in [0.1, 0.15) is 12.1 Å². The highest BCUT2D eigenvalue weighted by Crippen LogP contribution is 2.21. The molecule has 1 aromatic carbocycles. The fourth-order valence-electron chi connectivity index (χ4n) is 1.09. The lowest BCUT2D eigenvalue weighted by molar-refractivity contribution is -0.141. The van der Waals surface area contributed by atoms with E-state index in [0.717, 1.165) is 0 Å². The quantitative estimate of drug-likeness (QED) is 0.668. The van der Waals surface area contributed by atoms with E-state index in [9.17, 15) is 23.1 Å². The zero-order valence-electron chi connectivity index (χ0n) is 7.82. The molecule has 2 atom stereocenters. The number of hydrogen-bond acceptors (Lipinski definition) is 3. The van der Waals surface area contributed by atoms with Crippen LogP contribution < -0.4 is 5.73 Å². The van der Waals surface area contributed by atoms with Crippen molar-refractivity contribution < 1.29 is 28.2 Å². The predicted octanol–water partition coefficient (Wildman–Crippen LogP) is 0.549. The molecule has 0 aromatic heterocycles. The topological polar surface area (TPSA) is 83.6 Å². The molecule has 4 N–H and O–H groups in total. The monoisotopic (exact) mass is 235 g/mol. The van der Waals surface area contributed by atoms with Gasteiger partial charge in [-0.25, -0.2) is 13.2 Å². The maximum atomic E-state index is 12.8. The van der Waals surface area contributed by atoms with Crippen LogP contribution >= 0.6 is 0 Å². The Balaban J connectivity index is 3.10. The molecule has 0 saturated carbocycles. The van der Waals surface area contributed by atoms with Crippen molar-refractivity contribution >= 4 is 5.97 Å². The van der Waals surface area contributed by atoms with Crippen molar-refractivity contribution in [3.05, 3.63) is 35.1 Å². The van der Waals surface area contributed by atoms with Crippen LogP contribution in [0.4, 0.5) is 13.2 Å². The van der Waals surface area contributed by atoms with E-state index in [1.165, 1.54) is 0 Å². The molecule has 0 aliphatic carbocycles. The highest BCUT2D eigenvalue weighted by molar-refractivity contribution is 5.74. The van der Waals surface area contributed by atoms with Crippen LogP contribution in [0.3, 0.4) is 0 Å². The van der Waals surface area contributed by atoms with Crippen LogP contribution in [-0.4, -0.2) is 22.2 Å². The Morgan fingerprint density at radius 1 is 1.25 bits per heavy atom. The predicted molar refractivity (Wildman–Crippen MR) is 46.9 cm³/mol. The third kappa shape index (κ3) is 2.31. The molecule has 1 rings (SSSR count). The average molecular weight is 235 g/mol. The van der Waals surface area contributed by atoms with E-state index >= 15 is 0 Å². The summed E-state index contributed by atoms with van der Waals surface area (Å²) in [4.78, 5) is 10.4. The highest BCUT2D eigenvalue weighted by Gasteiger charge is 2.25. The largest absolute Gasteiger partial charge is 0.480 e. The van der Waals surface area contributed by atoms with Crippen molar-refractivity contribution in [1.29, 1.82) is 0 Å². The Morgan fingerprint density at radius 2 is 1.69 bits per heavy atom. The Kier molecular flexibility index (Phi) is 3.51. The highest BCUT2D eigenvalue weighted by atomic mass is 19.2. The van der Waals surface area contributed by atoms with E-state index in [0.29, 0.717) is 12.1 Å². The zero-order chi connectivity index (χ0) is 12.5. The number of aliphatic hydroxyl groups is 1. The number of rotatable bonds is 3.